The molecule has 15 heavy (non-hydrogen) atoms. The zero-order valence-corrected chi connectivity index (χ0v) is 8.75. The summed E-state index contributed by atoms with van der Waals surface area (Å²) in [6.45, 7) is 0. The molecule has 0 radical (unpaired) electrons. The maximum atomic E-state index is 10.7. The van der Waals surface area contributed by atoms with Crippen molar-refractivity contribution in [3.8, 4) is 0 Å². The third-order valence-corrected chi connectivity index (χ3v) is 2.34. The predicted molar refractivity (Wildman–Crippen MR) is 56.5 cm³/mol. The minimum absolute atomic E-state index is 0.0548. The summed E-state index contributed by atoms with van der Waals surface area (Å²) < 4.78 is 0. The summed E-state index contributed by atoms with van der Waals surface area (Å²) in [7, 11) is 0. The molecule has 0 aliphatic carbocycles. The number of carboxylic acid groups (broad SMARTS) is 1. The van der Waals surface area contributed by atoms with Gasteiger partial charge in [-0.3, -0.25) is 0 Å². The molecule has 0 aliphatic rings. The topological polar surface area (TPSA) is 63.1 Å². The van der Waals surface area contributed by atoms with Gasteiger partial charge < -0.3 is 5.11 Å². The van der Waals surface area contributed by atoms with Gasteiger partial charge in [-0.2, -0.15) is 0 Å². The van der Waals surface area contributed by atoms with Gasteiger partial charge in [0.05, 0.1) is 0 Å². The van der Waals surface area contributed by atoms with Gasteiger partial charge in [-0.05, 0) is 17.5 Å². The lowest BCUT2D eigenvalue weighted by Crippen LogP contribution is -1.99. The Labute approximate surface area is 94.5 Å². The number of fused-ring (bicyclic) bond motifs is 1. The van der Waals surface area contributed by atoms with E-state index in [1.807, 2.05) is 0 Å². The second kappa shape index (κ2) is 3.64. The van der Waals surface area contributed by atoms with Gasteiger partial charge in [0.25, 0.3) is 0 Å². The number of nitrogens with zero attached hydrogens (tertiary/aromatic N) is 2. The predicted octanol–water partition coefficient (Wildman–Crippen LogP) is 2.63. The molecule has 76 valence electrons. The van der Waals surface area contributed by atoms with Crippen molar-refractivity contribution in [3.05, 3.63) is 34.3 Å². The molecule has 2 heterocycles. The van der Waals surface area contributed by atoms with Crippen LogP contribution in [0.25, 0.3) is 10.8 Å². The molecular weight excluding hydrogens is 239 g/mol. The standard InChI is InChI=1S/C9H4Cl2N2O2/c10-7-2-4-1-6(9(14)15)12-3-5(4)8(11)13-7/h1-3H,(H,14,15). The fourth-order valence-electron chi connectivity index (χ4n) is 1.19. The fourth-order valence-corrected chi connectivity index (χ4v) is 1.69. The van der Waals surface area contributed by atoms with Gasteiger partial charge in [0.1, 0.15) is 16.0 Å². The van der Waals surface area contributed by atoms with E-state index in [2.05, 4.69) is 9.97 Å². The first-order valence-electron chi connectivity index (χ1n) is 3.93. The van der Waals surface area contributed by atoms with Crippen LogP contribution in [-0.2, 0) is 0 Å². The summed E-state index contributed by atoms with van der Waals surface area (Å²) in [6, 6.07) is 2.94. The molecule has 0 atom stereocenters. The maximum Gasteiger partial charge on any atom is 0.354 e. The third kappa shape index (κ3) is 1.86. The largest absolute Gasteiger partial charge is 0.477 e. The Hall–Kier alpha value is -1.39. The number of pyridine rings is 2. The molecule has 0 bridgehead atoms. The number of hydrogen-bond acceptors (Lipinski definition) is 3. The molecule has 2 rings (SSSR count). The number of carboxylic acids is 1. The number of aromatic nitrogens is 2. The second-order valence-corrected chi connectivity index (χ2v) is 3.58. The molecular formula is C9H4Cl2N2O2. The van der Waals surface area contributed by atoms with Crippen molar-refractivity contribution in [1.82, 2.24) is 9.97 Å². The zero-order valence-electron chi connectivity index (χ0n) is 7.24. The van der Waals surface area contributed by atoms with Crippen molar-refractivity contribution in [2.24, 2.45) is 0 Å². The molecule has 0 saturated heterocycles. The number of aromatic carboxylic acids is 1. The van der Waals surface area contributed by atoms with E-state index < -0.39 is 5.97 Å². The minimum Gasteiger partial charge on any atom is -0.477 e. The number of carbonyl (C=O) groups is 1. The number of hydrogen-bond donors (Lipinski definition) is 1. The van der Waals surface area contributed by atoms with Crippen LogP contribution in [-0.4, -0.2) is 21.0 Å². The maximum absolute atomic E-state index is 10.7. The lowest BCUT2D eigenvalue weighted by Gasteiger charge is -2.01. The van der Waals surface area contributed by atoms with Crippen molar-refractivity contribution in [3.63, 3.8) is 0 Å². The summed E-state index contributed by atoms with van der Waals surface area (Å²) in [5.74, 6) is -1.10. The summed E-state index contributed by atoms with van der Waals surface area (Å²) in [4.78, 5) is 18.2. The first-order valence-corrected chi connectivity index (χ1v) is 4.68. The van der Waals surface area contributed by atoms with Crippen LogP contribution in [0, 0.1) is 0 Å². The first kappa shape index (κ1) is 10.1. The van der Waals surface area contributed by atoms with E-state index in [4.69, 9.17) is 28.3 Å². The van der Waals surface area contributed by atoms with Crippen molar-refractivity contribution in [2.45, 2.75) is 0 Å². The average Bonchev–Trinajstić information content (AvgIpc) is 2.16. The summed E-state index contributed by atoms with van der Waals surface area (Å²) in [6.07, 6.45) is 1.37. The fraction of sp³-hybridized carbons (Fsp3) is 0. The highest BCUT2D eigenvalue weighted by Gasteiger charge is 2.08. The Morgan fingerprint density at radius 2 is 2.07 bits per heavy atom. The van der Waals surface area contributed by atoms with Crippen LogP contribution in [0.5, 0.6) is 0 Å². The van der Waals surface area contributed by atoms with Crippen molar-refractivity contribution >= 4 is 39.9 Å². The minimum atomic E-state index is -1.10. The highest BCUT2D eigenvalue weighted by atomic mass is 35.5. The molecule has 0 saturated carbocycles. The highest BCUT2D eigenvalue weighted by Crippen LogP contribution is 2.24. The molecule has 4 nitrogen and oxygen atoms in total. The Kier molecular flexibility index (Phi) is 2.46. The van der Waals surface area contributed by atoms with Crippen LogP contribution in [0.1, 0.15) is 10.5 Å². The molecule has 0 spiro atoms. The molecule has 0 unspecified atom stereocenters. The first-order chi connectivity index (χ1) is 7.08. The Balaban J connectivity index is 2.76. The van der Waals surface area contributed by atoms with Crippen LogP contribution in [0.2, 0.25) is 10.3 Å². The summed E-state index contributed by atoms with van der Waals surface area (Å²) >= 11 is 11.5. The lowest BCUT2D eigenvalue weighted by atomic mass is 10.2. The number of halogens is 2. The van der Waals surface area contributed by atoms with Gasteiger partial charge >= 0.3 is 5.97 Å². The van der Waals surface area contributed by atoms with Crippen LogP contribution >= 0.6 is 23.2 Å². The van der Waals surface area contributed by atoms with E-state index >= 15 is 0 Å². The van der Waals surface area contributed by atoms with Gasteiger partial charge in [0, 0.05) is 11.6 Å². The quantitative estimate of drug-likeness (QED) is 0.782. The van der Waals surface area contributed by atoms with Crippen molar-refractivity contribution in [2.75, 3.05) is 0 Å². The molecule has 0 aliphatic heterocycles. The highest BCUT2D eigenvalue weighted by molar-refractivity contribution is 6.36. The summed E-state index contributed by atoms with van der Waals surface area (Å²) in [5.41, 5.74) is -0.0548. The molecule has 0 fully saturated rings. The van der Waals surface area contributed by atoms with E-state index in [1.165, 1.54) is 18.3 Å². The number of rotatable bonds is 1. The van der Waals surface area contributed by atoms with E-state index in [9.17, 15) is 4.79 Å². The molecule has 0 amide bonds. The molecule has 0 aromatic carbocycles. The smallest absolute Gasteiger partial charge is 0.354 e. The van der Waals surface area contributed by atoms with E-state index in [0.717, 1.165) is 0 Å². The lowest BCUT2D eigenvalue weighted by molar-refractivity contribution is 0.0690. The van der Waals surface area contributed by atoms with Gasteiger partial charge in [-0.25, -0.2) is 14.8 Å². The molecule has 2 aromatic heterocycles. The van der Waals surface area contributed by atoms with Gasteiger partial charge in [-0.15, -0.1) is 0 Å². The van der Waals surface area contributed by atoms with Gasteiger partial charge in [0.15, 0.2) is 0 Å². The van der Waals surface area contributed by atoms with Crippen LogP contribution in [0.4, 0.5) is 0 Å². The monoisotopic (exact) mass is 242 g/mol. The Morgan fingerprint density at radius 1 is 1.33 bits per heavy atom. The van der Waals surface area contributed by atoms with E-state index in [0.29, 0.717) is 10.8 Å². The Bertz CT molecular complexity index is 557. The third-order valence-electron chi connectivity index (χ3n) is 1.86. The molecule has 2 aromatic rings. The van der Waals surface area contributed by atoms with Crippen molar-refractivity contribution in [1.29, 1.82) is 0 Å². The SMILES string of the molecule is O=C(O)c1cc2cc(Cl)nc(Cl)c2cn1. The van der Waals surface area contributed by atoms with Crippen molar-refractivity contribution < 1.29 is 9.90 Å². The second-order valence-electron chi connectivity index (χ2n) is 2.83. The Morgan fingerprint density at radius 3 is 2.73 bits per heavy atom. The van der Waals surface area contributed by atoms with Crippen LogP contribution in [0.3, 0.4) is 0 Å². The molecule has 6 heteroatoms. The van der Waals surface area contributed by atoms with Gasteiger partial charge in [0.2, 0.25) is 0 Å². The van der Waals surface area contributed by atoms with E-state index in [1.54, 1.807) is 0 Å². The van der Waals surface area contributed by atoms with Crippen LogP contribution in [0.15, 0.2) is 18.3 Å². The van der Waals surface area contributed by atoms with Crippen LogP contribution < -0.4 is 0 Å². The molecule has 1 N–H and O–H groups in total. The zero-order chi connectivity index (χ0) is 11.0. The normalized spacial score (nSPS) is 10.5. The van der Waals surface area contributed by atoms with Gasteiger partial charge in [-0.1, -0.05) is 23.2 Å². The average molecular weight is 243 g/mol. The van der Waals surface area contributed by atoms with E-state index in [-0.39, 0.29) is 16.0 Å². The summed E-state index contributed by atoms with van der Waals surface area (Å²) in [5, 5.41) is 10.3.